The first-order chi connectivity index (χ1) is 3.12. The molecule has 0 spiro atoms. The molecule has 0 saturated carbocycles. The molecule has 0 bridgehead atoms. The molecule has 0 aromatic rings. The molecule has 0 aliphatic carbocycles. The van der Waals surface area contributed by atoms with Crippen LogP contribution in [0.4, 0.5) is 0 Å². The van der Waals surface area contributed by atoms with Gasteiger partial charge in [-0.05, 0) is 11.8 Å². The van der Waals surface area contributed by atoms with Crippen LogP contribution in [-0.2, 0) is 0 Å². The molecular formula is C7H13. The van der Waals surface area contributed by atoms with Crippen LogP contribution in [-0.4, -0.2) is 0 Å². The van der Waals surface area contributed by atoms with E-state index in [1.54, 1.807) is 0 Å². The normalized spacial score (nSPS) is 11.3. The predicted molar refractivity (Wildman–Crippen MR) is 34.0 cm³/mol. The van der Waals surface area contributed by atoms with Gasteiger partial charge in [0.15, 0.2) is 0 Å². The van der Waals surface area contributed by atoms with Crippen LogP contribution in [0.1, 0.15) is 20.8 Å². The Bertz CT molecular complexity index is 60.4. The van der Waals surface area contributed by atoms with Gasteiger partial charge in [0.2, 0.25) is 0 Å². The Morgan fingerprint density at radius 1 is 1.43 bits per heavy atom. The van der Waals surface area contributed by atoms with E-state index >= 15 is 0 Å². The van der Waals surface area contributed by atoms with Gasteiger partial charge in [-0.1, -0.05) is 26.8 Å². The van der Waals surface area contributed by atoms with Crippen molar-refractivity contribution in [1.29, 1.82) is 0 Å². The van der Waals surface area contributed by atoms with Crippen LogP contribution in [0.5, 0.6) is 0 Å². The highest BCUT2D eigenvalue weighted by Gasteiger charge is 2.07. The Balaban J connectivity index is 3.58. The van der Waals surface area contributed by atoms with Crippen LogP contribution in [0.15, 0.2) is 12.7 Å². The summed E-state index contributed by atoms with van der Waals surface area (Å²) in [4.78, 5) is 0. The first kappa shape index (κ1) is 6.74. The summed E-state index contributed by atoms with van der Waals surface area (Å²) in [6.07, 6.45) is 4.06. The molecule has 0 rings (SSSR count). The van der Waals surface area contributed by atoms with Crippen molar-refractivity contribution in [2.75, 3.05) is 0 Å². The van der Waals surface area contributed by atoms with Gasteiger partial charge >= 0.3 is 0 Å². The minimum absolute atomic E-state index is 0.222. The molecule has 0 aliphatic rings. The number of rotatable bonds is 2. The van der Waals surface area contributed by atoms with E-state index in [0.717, 1.165) is 0 Å². The lowest BCUT2D eigenvalue weighted by Gasteiger charge is -2.14. The summed E-state index contributed by atoms with van der Waals surface area (Å²) in [5, 5.41) is 0. The molecule has 0 aliphatic heterocycles. The summed E-state index contributed by atoms with van der Waals surface area (Å²) in [6, 6.07) is 0. The topological polar surface area (TPSA) is 0 Å². The third-order valence-electron chi connectivity index (χ3n) is 1.27. The molecule has 0 heterocycles. The molecule has 0 unspecified atom stereocenters. The zero-order valence-electron chi connectivity index (χ0n) is 5.36. The van der Waals surface area contributed by atoms with Gasteiger partial charge in [0.05, 0.1) is 0 Å². The second-order valence-electron chi connectivity index (χ2n) is 2.31. The highest BCUT2D eigenvalue weighted by molar-refractivity contribution is 4.95. The van der Waals surface area contributed by atoms with Crippen LogP contribution in [0.25, 0.3) is 0 Å². The first-order valence-electron chi connectivity index (χ1n) is 2.56. The van der Waals surface area contributed by atoms with Crippen molar-refractivity contribution in [2.45, 2.75) is 20.8 Å². The monoisotopic (exact) mass is 97.1 g/mol. The number of hydrogen-bond donors (Lipinski definition) is 0. The number of allylic oxidation sites excluding steroid dienone is 1. The summed E-state index contributed by atoms with van der Waals surface area (Å²) in [6.45, 7) is 9.97. The fourth-order valence-electron chi connectivity index (χ4n) is 0.118. The first-order valence-corrected chi connectivity index (χ1v) is 2.56. The quantitative estimate of drug-likeness (QED) is 0.464. The van der Waals surface area contributed by atoms with Gasteiger partial charge in [-0.15, -0.1) is 6.58 Å². The second-order valence-corrected chi connectivity index (χ2v) is 2.31. The lowest BCUT2D eigenvalue weighted by atomic mass is 9.91. The highest BCUT2D eigenvalue weighted by Crippen LogP contribution is 2.18. The summed E-state index contributed by atoms with van der Waals surface area (Å²) < 4.78 is 0. The highest BCUT2D eigenvalue weighted by atomic mass is 14.1. The van der Waals surface area contributed by atoms with E-state index in [2.05, 4.69) is 26.8 Å². The maximum absolute atomic E-state index is 3.67. The fraction of sp³-hybridized carbons (Fsp3) is 0.571. The molecule has 0 heteroatoms. The molecule has 7 heavy (non-hydrogen) atoms. The van der Waals surface area contributed by atoms with Crippen molar-refractivity contribution in [1.82, 2.24) is 0 Å². The van der Waals surface area contributed by atoms with E-state index < -0.39 is 0 Å². The minimum Gasteiger partial charge on any atom is -0.103 e. The predicted octanol–water partition coefficient (Wildman–Crippen LogP) is 2.42. The standard InChI is InChI=1S/C7H13/c1-5-7(3,4)6-2/h5-6H,1H2,2-4H3. The molecule has 0 aromatic carbocycles. The van der Waals surface area contributed by atoms with Crippen molar-refractivity contribution < 1.29 is 0 Å². The van der Waals surface area contributed by atoms with Crippen LogP contribution in [0, 0.1) is 11.8 Å². The van der Waals surface area contributed by atoms with Crippen molar-refractivity contribution >= 4 is 0 Å². The van der Waals surface area contributed by atoms with Crippen LogP contribution < -0.4 is 0 Å². The molecule has 0 aromatic heterocycles. The van der Waals surface area contributed by atoms with Crippen LogP contribution in [0.2, 0.25) is 0 Å². The van der Waals surface area contributed by atoms with Gasteiger partial charge in [-0.3, -0.25) is 0 Å². The zero-order chi connectivity index (χ0) is 5.91. The minimum atomic E-state index is 0.222. The van der Waals surface area contributed by atoms with E-state index in [0.29, 0.717) is 0 Å². The molecule has 0 atom stereocenters. The Labute approximate surface area is 46.2 Å². The van der Waals surface area contributed by atoms with Crippen molar-refractivity contribution in [3.05, 3.63) is 19.1 Å². The molecule has 0 saturated heterocycles. The average molecular weight is 97.2 g/mol. The second kappa shape index (κ2) is 2.15. The molecular weight excluding hydrogens is 84.1 g/mol. The van der Waals surface area contributed by atoms with Gasteiger partial charge in [-0.25, -0.2) is 0 Å². The molecule has 1 radical (unpaired) electrons. The average Bonchev–Trinajstić information content (AvgIpc) is 1.68. The van der Waals surface area contributed by atoms with Crippen molar-refractivity contribution in [3.8, 4) is 0 Å². The lowest BCUT2D eigenvalue weighted by Crippen LogP contribution is -2.03. The third kappa shape index (κ3) is 2.44. The number of hydrogen-bond acceptors (Lipinski definition) is 0. The van der Waals surface area contributed by atoms with E-state index in [9.17, 15) is 0 Å². The van der Waals surface area contributed by atoms with Crippen LogP contribution >= 0.6 is 0 Å². The van der Waals surface area contributed by atoms with Crippen molar-refractivity contribution in [2.24, 2.45) is 5.41 Å². The lowest BCUT2D eigenvalue weighted by molar-refractivity contribution is 0.573. The zero-order valence-corrected chi connectivity index (χ0v) is 5.36. The van der Waals surface area contributed by atoms with E-state index in [1.807, 2.05) is 13.0 Å². The van der Waals surface area contributed by atoms with Gasteiger partial charge < -0.3 is 0 Å². The van der Waals surface area contributed by atoms with Gasteiger partial charge in [-0.2, -0.15) is 0 Å². The Morgan fingerprint density at radius 3 is 1.86 bits per heavy atom. The summed E-state index contributed by atoms with van der Waals surface area (Å²) >= 11 is 0. The summed E-state index contributed by atoms with van der Waals surface area (Å²) in [7, 11) is 0. The maximum atomic E-state index is 3.67. The van der Waals surface area contributed by atoms with E-state index in [-0.39, 0.29) is 5.41 Å². The summed E-state index contributed by atoms with van der Waals surface area (Å²) in [5.74, 6) is 0. The molecule has 0 nitrogen and oxygen atoms in total. The molecule has 41 valence electrons. The smallest absolute Gasteiger partial charge is 0.0149 e. The maximum Gasteiger partial charge on any atom is -0.0149 e. The summed E-state index contributed by atoms with van der Waals surface area (Å²) in [5.41, 5.74) is 0.222. The van der Waals surface area contributed by atoms with Crippen LogP contribution in [0.3, 0.4) is 0 Å². The van der Waals surface area contributed by atoms with E-state index in [4.69, 9.17) is 0 Å². The molecule has 0 amide bonds. The Morgan fingerprint density at radius 2 is 1.86 bits per heavy atom. The van der Waals surface area contributed by atoms with Gasteiger partial charge in [0.25, 0.3) is 0 Å². The largest absolute Gasteiger partial charge is 0.103 e. The SMILES string of the molecule is C=CC(C)(C)[CH]C. The Kier molecular flexibility index (Phi) is 2.07. The molecule has 0 N–H and O–H groups in total. The van der Waals surface area contributed by atoms with Gasteiger partial charge in [0.1, 0.15) is 0 Å². The van der Waals surface area contributed by atoms with Crippen molar-refractivity contribution in [3.63, 3.8) is 0 Å². The van der Waals surface area contributed by atoms with Gasteiger partial charge in [0, 0.05) is 0 Å². The Hall–Kier alpha value is -0.260. The fourth-order valence-corrected chi connectivity index (χ4v) is 0.118. The van der Waals surface area contributed by atoms with E-state index in [1.165, 1.54) is 0 Å². The molecule has 0 fully saturated rings. The third-order valence-corrected chi connectivity index (χ3v) is 1.27.